The van der Waals surface area contributed by atoms with E-state index in [4.69, 9.17) is 4.74 Å². The molecule has 0 amide bonds. The van der Waals surface area contributed by atoms with Crippen molar-refractivity contribution in [2.45, 2.75) is 19.4 Å². The highest BCUT2D eigenvalue weighted by molar-refractivity contribution is 5.89. The molecule has 2 nitrogen and oxygen atoms in total. The number of carbonyl (C=O) groups is 1. The van der Waals surface area contributed by atoms with Crippen molar-refractivity contribution in [2.75, 3.05) is 0 Å². The average Bonchev–Trinajstić information content (AvgIpc) is 2.53. The van der Waals surface area contributed by atoms with E-state index >= 15 is 0 Å². The maximum Gasteiger partial charge on any atom is 0.338 e. The van der Waals surface area contributed by atoms with Crippen molar-refractivity contribution in [3.05, 3.63) is 77.9 Å². The van der Waals surface area contributed by atoms with Crippen molar-refractivity contribution in [3.63, 3.8) is 0 Å². The second kappa shape index (κ2) is 7.29. The van der Waals surface area contributed by atoms with Crippen LogP contribution in [0.5, 0.6) is 0 Å². The molecule has 1 unspecified atom stereocenters. The topological polar surface area (TPSA) is 26.3 Å². The minimum Gasteiger partial charge on any atom is -0.455 e. The van der Waals surface area contributed by atoms with Gasteiger partial charge in [0, 0.05) is 0 Å². The molecule has 0 aromatic heterocycles. The molecule has 0 radical (unpaired) electrons. The van der Waals surface area contributed by atoms with Gasteiger partial charge in [-0.25, -0.2) is 4.79 Å². The summed E-state index contributed by atoms with van der Waals surface area (Å²) in [4.78, 5) is 12.0. The van der Waals surface area contributed by atoms with Crippen LogP contribution in [0, 0.1) is 0 Å². The van der Waals surface area contributed by atoms with Crippen molar-refractivity contribution in [2.24, 2.45) is 0 Å². The lowest BCUT2D eigenvalue weighted by atomic mass is 10.1. The van der Waals surface area contributed by atoms with Crippen LogP contribution in [-0.4, -0.2) is 12.1 Å². The van der Waals surface area contributed by atoms with Crippen LogP contribution in [0.2, 0.25) is 0 Å². The third kappa shape index (κ3) is 4.09. The Bertz CT molecular complexity index is 558. The van der Waals surface area contributed by atoms with Gasteiger partial charge in [0.15, 0.2) is 0 Å². The molecule has 0 spiro atoms. The molecule has 0 N–H and O–H groups in total. The maximum absolute atomic E-state index is 12.0. The van der Waals surface area contributed by atoms with Gasteiger partial charge in [-0.05, 0) is 30.2 Å². The lowest BCUT2D eigenvalue weighted by Crippen LogP contribution is -2.15. The molecule has 0 fully saturated rings. The molecule has 0 bridgehead atoms. The van der Waals surface area contributed by atoms with E-state index in [0.29, 0.717) is 5.56 Å². The number of benzene rings is 2. The molecule has 0 saturated heterocycles. The van der Waals surface area contributed by atoms with Crippen molar-refractivity contribution >= 4 is 12.0 Å². The number of hydrogen-bond donors (Lipinski definition) is 0. The third-order valence-corrected chi connectivity index (χ3v) is 2.97. The van der Waals surface area contributed by atoms with Gasteiger partial charge in [-0.15, -0.1) is 0 Å². The molecular formula is C18H18O2. The van der Waals surface area contributed by atoms with Crippen LogP contribution in [0.25, 0.3) is 6.08 Å². The summed E-state index contributed by atoms with van der Waals surface area (Å²) in [5.41, 5.74) is 1.68. The van der Waals surface area contributed by atoms with E-state index in [1.165, 1.54) is 0 Å². The summed E-state index contributed by atoms with van der Waals surface area (Å²) in [5, 5.41) is 0. The largest absolute Gasteiger partial charge is 0.455 e. The van der Waals surface area contributed by atoms with Crippen LogP contribution in [0.4, 0.5) is 0 Å². The molecule has 0 aliphatic heterocycles. The molecule has 102 valence electrons. The van der Waals surface area contributed by atoms with Crippen LogP contribution < -0.4 is 0 Å². The van der Waals surface area contributed by atoms with Crippen LogP contribution in [-0.2, 0) is 4.74 Å². The zero-order chi connectivity index (χ0) is 14.2. The van der Waals surface area contributed by atoms with Crippen LogP contribution >= 0.6 is 0 Å². The van der Waals surface area contributed by atoms with E-state index in [1.54, 1.807) is 12.1 Å². The highest BCUT2D eigenvalue weighted by atomic mass is 16.5. The zero-order valence-corrected chi connectivity index (χ0v) is 11.5. The molecule has 2 aromatic rings. The highest BCUT2D eigenvalue weighted by Gasteiger charge is 2.11. The van der Waals surface area contributed by atoms with Gasteiger partial charge in [-0.1, -0.05) is 61.5 Å². The summed E-state index contributed by atoms with van der Waals surface area (Å²) in [6.07, 6.45) is 4.45. The Morgan fingerprint density at radius 2 is 1.65 bits per heavy atom. The van der Waals surface area contributed by atoms with Crippen molar-refractivity contribution in [3.8, 4) is 0 Å². The highest BCUT2D eigenvalue weighted by Crippen LogP contribution is 2.09. The molecule has 1 atom stereocenters. The summed E-state index contributed by atoms with van der Waals surface area (Å²) < 4.78 is 5.48. The first-order valence-electron chi connectivity index (χ1n) is 6.79. The zero-order valence-electron chi connectivity index (χ0n) is 11.5. The molecule has 0 aliphatic rings. The van der Waals surface area contributed by atoms with Gasteiger partial charge in [0.2, 0.25) is 0 Å². The van der Waals surface area contributed by atoms with Gasteiger partial charge in [0.25, 0.3) is 0 Å². The molecule has 2 heteroatoms. The number of esters is 1. The van der Waals surface area contributed by atoms with Crippen LogP contribution in [0.15, 0.2) is 66.7 Å². The lowest BCUT2D eigenvalue weighted by Gasteiger charge is -2.12. The smallest absolute Gasteiger partial charge is 0.338 e. The monoisotopic (exact) mass is 266 g/mol. The molecule has 0 heterocycles. The van der Waals surface area contributed by atoms with E-state index in [2.05, 4.69) is 0 Å². The Kier molecular flexibility index (Phi) is 5.13. The Morgan fingerprint density at radius 3 is 2.25 bits per heavy atom. The Morgan fingerprint density at radius 1 is 1.05 bits per heavy atom. The van der Waals surface area contributed by atoms with Gasteiger partial charge in [-0.3, -0.25) is 0 Å². The minimum absolute atomic E-state index is 0.206. The minimum atomic E-state index is -0.282. The molecule has 0 saturated carbocycles. The molecule has 2 rings (SSSR count). The fourth-order valence-electron chi connectivity index (χ4n) is 1.82. The second-order valence-electron chi connectivity index (χ2n) is 4.49. The van der Waals surface area contributed by atoms with Gasteiger partial charge < -0.3 is 4.74 Å². The SMILES string of the molecule is CCC(/C=C/c1ccccc1)OC(=O)c1ccccc1. The quantitative estimate of drug-likeness (QED) is 0.753. The Labute approximate surface area is 119 Å². The first-order valence-corrected chi connectivity index (χ1v) is 6.79. The maximum atomic E-state index is 12.0. The fraction of sp³-hybridized carbons (Fsp3) is 0.167. The number of hydrogen-bond acceptors (Lipinski definition) is 2. The van der Waals surface area contributed by atoms with Gasteiger partial charge in [0.05, 0.1) is 5.56 Å². The van der Waals surface area contributed by atoms with Crippen LogP contribution in [0.1, 0.15) is 29.3 Å². The predicted octanol–water partition coefficient (Wildman–Crippen LogP) is 4.34. The Hall–Kier alpha value is -2.35. The average molecular weight is 266 g/mol. The fourth-order valence-corrected chi connectivity index (χ4v) is 1.82. The lowest BCUT2D eigenvalue weighted by molar-refractivity contribution is 0.0390. The van der Waals surface area contributed by atoms with E-state index in [0.717, 1.165) is 12.0 Å². The van der Waals surface area contributed by atoms with Crippen molar-refractivity contribution < 1.29 is 9.53 Å². The second-order valence-corrected chi connectivity index (χ2v) is 4.49. The van der Waals surface area contributed by atoms with E-state index < -0.39 is 0 Å². The standard InChI is InChI=1S/C18H18O2/c1-2-17(14-13-15-9-5-3-6-10-15)20-18(19)16-11-7-4-8-12-16/h3-14,17H,2H2,1H3/b14-13+. The summed E-state index contributed by atoms with van der Waals surface area (Å²) in [7, 11) is 0. The first-order chi connectivity index (χ1) is 9.79. The van der Waals surface area contributed by atoms with E-state index in [-0.39, 0.29) is 12.1 Å². The normalized spacial score (nSPS) is 12.2. The predicted molar refractivity (Wildman–Crippen MR) is 81.4 cm³/mol. The summed E-state index contributed by atoms with van der Waals surface area (Å²) >= 11 is 0. The molecular weight excluding hydrogens is 248 g/mol. The molecule has 0 aliphatic carbocycles. The van der Waals surface area contributed by atoms with Crippen molar-refractivity contribution in [1.29, 1.82) is 0 Å². The van der Waals surface area contributed by atoms with E-state index in [1.807, 2.05) is 67.6 Å². The van der Waals surface area contributed by atoms with Gasteiger partial charge >= 0.3 is 5.97 Å². The number of ether oxygens (including phenoxy) is 1. The van der Waals surface area contributed by atoms with E-state index in [9.17, 15) is 4.79 Å². The third-order valence-electron chi connectivity index (χ3n) is 2.97. The number of carbonyl (C=O) groups excluding carboxylic acids is 1. The summed E-state index contributed by atoms with van der Waals surface area (Å²) in [6.45, 7) is 2.00. The van der Waals surface area contributed by atoms with Gasteiger partial charge in [-0.2, -0.15) is 0 Å². The molecule has 20 heavy (non-hydrogen) atoms. The molecule has 2 aromatic carbocycles. The Balaban J connectivity index is 1.99. The van der Waals surface area contributed by atoms with Crippen LogP contribution in [0.3, 0.4) is 0 Å². The van der Waals surface area contributed by atoms with Crippen molar-refractivity contribution in [1.82, 2.24) is 0 Å². The summed E-state index contributed by atoms with van der Waals surface area (Å²) in [5.74, 6) is -0.282. The van der Waals surface area contributed by atoms with Gasteiger partial charge in [0.1, 0.15) is 6.10 Å². The first kappa shape index (κ1) is 14.1. The summed E-state index contributed by atoms with van der Waals surface area (Å²) in [6, 6.07) is 19.0. The number of rotatable bonds is 5.